The van der Waals surface area contributed by atoms with Crippen LogP contribution in [0.2, 0.25) is 0 Å². The normalized spacial score (nSPS) is 15.7. The monoisotopic (exact) mass is 252 g/mol. The lowest BCUT2D eigenvalue weighted by Gasteiger charge is -2.26. The maximum absolute atomic E-state index is 5.57. The van der Waals surface area contributed by atoms with E-state index in [2.05, 4.69) is 9.88 Å². The summed E-state index contributed by atoms with van der Waals surface area (Å²) in [4.78, 5) is 6.54. The lowest BCUT2D eigenvalue weighted by Crippen LogP contribution is -2.38. The topological polar surface area (TPSA) is 34.6 Å². The van der Waals surface area contributed by atoms with Crippen molar-refractivity contribution in [2.24, 2.45) is 0 Å². The van der Waals surface area contributed by atoms with Crippen molar-refractivity contribution >= 4 is 0 Å². The third kappa shape index (κ3) is 5.47. The molecular weight excluding hydrogens is 228 g/mol. The van der Waals surface area contributed by atoms with Gasteiger partial charge in [0.1, 0.15) is 6.61 Å². The molecule has 0 atom stereocenters. The van der Waals surface area contributed by atoms with Crippen molar-refractivity contribution in [1.29, 1.82) is 0 Å². The summed E-state index contributed by atoms with van der Waals surface area (Å²) >= 11 is 0. The van der Waals surface area contributed by atoms with E-state index in [1.807, 2.05) is 39.1 Å². The van der Waals surface area contributed by atoms with Gasteiger partial charge in [-0.25, -0.2) is 4.98 Å². The summed E-state index contributed by atoms with van der Waals surface area (Å²) in [6.07, 6.45) is 1.82. The second-order valence-electron chi connectivity index (χ2n) is 3.98. The molecule has 1 aliphatic rings. The molecule has 0 N–H and O–H groups in total. The number of rotatable bonds is 4. The zero-order valence-corrected chi connectivity index (χ0v) is 11.7. The maximum Gasteiger partial charge on any atom is 0.213 e. The molecular formula is C14H24N2O2. The van der Waals surface area contributed by atoms with E-state index in [9.17, 15) is 0 Å². The molecule has 0 unspecified atom stereocenters. The molecule has 2 heterocycles. The van der Waals surface area contributed by atoms with Gasteiger partial charge in [0.15, 0.2) is 0 Å². The predicted molar refractivity (Wildman–Crippen MR) is 73.1 cm³/mol. The van der Waals surface area contributed by atoms with Gasteiger partial charge in [0.05, 0.1) is 13.2 Å². The van der Waals surface area contributed by atoms with E-state index < -0.39 is 0 Å². The molecule has 4 nitrogen and oxygen atoms in total. The first-order valence-corrected chi connectivity index (χ1v) is 6.70. The molecule has 102 valence electrons. The molecule has 2 rings (SSSR count). The van der Waals surface area contributed by atoms with E-state index >= 15 is 0 Å². The minimum Gasteiger partial charge on any atom is -0.476 e. The quantitative estimate of drug-likeness (QED) is 0.822. The molecule has 0 radical (unpaired) electrons. The molecule has 4 heteroatoms. The number of hydrogen-bond acceptors (Lipinski definition) is 4. The van der Waals surface area contributed by atoms with Crippen LogP contribution in [-0.2, 0) is 4.74 Å². The van der Waals surface area contributed by atoms with E-state index in [-0.39, 0.29) is 0 Å². The van der Waals surface area contributed by atoms with Crippen molar-refractivity contribution in [1.82, 2.24) is 9.88 Å². The average molecular weight is 252 g/mol. The Morgan fingerprint density at radius 2 is 2.00 bits per heavy atom. The highest BCUT2D eigenvalue weighted by molar-refractivity contribution is 5.16. The Morgan fingerprint density at radius 3 is 2.61 bits per heavy atom. The Kier molecular flexibility index (Phi) is 7.37. The van der Waals surface area contributed by atoms with Gasteiger partial charge in [0.25, 0.3) is 0 Å². The van der Waals surface area contributed by atoms with Crippen LogP contribution in [-0.4, -0.2) is 49.3 Å². The molecule has 18 heavy (non-hydrogen) atoms. The summed E-state index contributed by atoms with van der Waals surface area (Å²) in [6, 6.07) is 3.92. The van der Waals surface area contributed by atoms with E-state index in [1.165, 1.54) is 0 Å². The summed E-state index contributed by atoms with van der Waals surface area (Å²) in [5.74, 6) is 0.707. The van der Waals surface area contributed by atoms with Gasteiger partial charge in [-0.1, -0.05) is 19.9 Å². The minimum absolute atomic E-state index is 0.691. The molecule has 1 aromatic heterocycles. The van der Waals surface area contributed by atoms with Crippen LogP contribution in [0.3, 0.4) is 0 Å². The second-order valence-corrected chi connectivity index (χ2v) is 3.98. The smallest absolute Gasteiger partial charge is 0.213 e. The van der Waals surface area contributed by atoms with E-state index in [0.717, 1.165) is 38.4 Å². The number of nitrogens with zero attached hydrogens (tertiary/aromatic N) is 2. The van der Waals surface area contributed by atoms with Crippen molar-refractivity contribution in [3.05, 3.63) is 23.9 Å². The molecule has 0 spiro atoms. The highest BCUT2D eigenvalue weighted by atomic mass is 16.5. The fraction of sp³-hybridized carbons (Fsp3) is 0.643. The van der Waals surface area contributed by atoms with Gasteiger partial charge in [-0.2, -0.15) is 0 Å². The standard InChI is InChI=1S/C12H18N2O2.C2H6/c1-11-2-3-12(13-10-11)16-9-6-14-4-7-15-8-5-14;1-2/h2-3,10H,4-9H2,1H3;1-2H3. The van der Waals surface area contributed by atoms with Gasteiger partial charge in [0, 0.05) is 31.9 Å². The highest BCUT2D eigenvalue weighted by Gasteiger charge is 2.09. The predicted octanol–water partition coefficient (Wildman–Crippen LogP) is 2.13. The first-order valence-electron chi connectivity index (χ1n) is 6.70. The van der Waals surface area contributed by atoms with Gasteiger partial charge >= 0.3 is 0 Å². The van der Waals surface area contributed by atoms with Crippen molar-refractivity contribution in [2.45, 2.75) is 20.8 Å². The molecule has 0 bridgehead atoms. The maximum atomic E-state index is 5.57. The van der Waals surface area contributed by atoms with Crippen LogP contribution in [0.15, 0.2) is 18.3 Å². The van der Waals surface area contributed by atoms with Crippen molar-refractivity contribution in [3.8, 4) is 5.88 Å². The van der Waals surface area contributed by atoms with Crippen LogP contribution < -0.4 is 4.74 Å². The minimum atomic E-state index is 0.691. The van der Waals surface area contributed by atoms with E-state index in [1.54, 1.807) is 0 Å². The molecule has 0 saturated carbocycles. The number of aryl methyl sites for hydroxylation is 1. The summed E-state index contributed by atoms with van der Waals surface area (Å²) in [5.41, 5.74) is 1.15. The van der Waals surface area contributed by atoms with Gasteiger partial charge < -0.3 is 9.47 Å². The molecule has 0 amide bonds. The van der Waals surface area contributed by atoms with Crippen LogP contribution in [0.5, 0.6) is 5.88 Å². The fourth-order valence-corrected chi connectivity index (χ4v) is 1.64. The third-order valence-electron chi connectivity index (χ3n) is 2.65. The van der Waals surface area contributed by atoms with Gasteiger partial charge in [-0.15, -0.1) is 0 Å². The molecule has 0 aliphatic carbocycles. The first-order chi connectivity index (χ1) is 8.84. The van der Waals surface area contributed by atoms with Gasteiger partial charge in [0.2, 0.25) is 5.88 Å². The van der Waals surface area contributed by atoms with Crippen LogP contribution in [0.1, 0.15) is 19.4 Å². The van der Waals surface area contributed by atoms with Crippen LogP contribution in [0.4, 0.5) is 0 Å². The second kappa shape index (κ2) is 8.89. The fourth-order valence-electron chi connectivity index (χ4n) is 1.64. The molecule has 1 saturated heterocycles. The van der Waals surface area contributed by atoms with Crippen molar-refractivity contribution in [3.63, 3.8) is 0 Å². The van der Waals surface area contributed by atoms with Crippen LogP contribution >= 0.6 is 0 Å². The van der Waals surface area contributed by atoms with E-state index in [4.69, 9.17) is 9.47 Å². The summed E-state index contributed by atoms with van der Waals surface area (Å²) in [5, 5.41) is 0. The Hall–Kier alpha value is -1.13. The number of ether oxygens (including phenoxy) is 2. The molecule has 1 fully saturated rings. The molecule has 1 aliphatic heterocycles. The summed E-state index contributed by atoms with van der Waals surface area (Å²) in [6.45, 7) is 11.3. The Labute approximate surface area is 110 Å². The van der Waals surface area contributed by atoms with Crippen molar-refractivity contribution < 1.29 is 9.47 Å². The zero-order chi connectivity index (χ0) is 13.2. The lowest BCUT2D eigenvalue weighted by atomic mass is 10.3. The van der Waals surface area contributed by atoms with Crippen LogP contribution in [0, 0.1) is 6.92 Å². The highest BCUT2D eigenvalue weighted by Crippen LogP contribution is 2.06. The number of pyridine rings is 1. The molecule has 1 aromatic rings. The van der Waals surface area contributed by atoms with Crippen LogP contribution in [0.25, 0.3) is 0 Å². The average Bonchev–Trinajstić information content (AvgIpc) is 2.44. The Balaban J connectivity index is 0.000000771. The summed E-state index contributed by atoms with van der Waals surface area (Å²) < 4.78 is 10.9. The number of aromatic nitrogens is 1. The number of morpholine rings is 1. The van der Waals surface area contributed by atoms with Crippen molar-refractivity contribution in [2.75, 3.05) is 39.5 Å². The SMILES string of the molecule is CC.Cc1ccc(OCCN2CCOCC2)nc1. The summed E-state index contributed by atoms with van der Waals surface area (Å²) in [7, 11) is 0. The zero-order valence-electron chi connectivity index (χ0n) is 11.7. The van der Waals surface area contributed by atoms with Gasteiger partial charge in [-0.05, 0) is 12.5 Å². The van der Waals surface area contributed by atoms with E-state index in [0.29, 0.717) is 12.5 Å². The third-order valence-corrected chi connectivity index (χ3v) is 2.65. The van der Waals surface area contributed by atoms with Gasteiger partial charge in [-0.3, -0.25) is 4.90 Å². The Bertz CT molecular complexity index is 308. The Morgan fingerprint density at radius 1 is 1.28 bits per heavy atom. The first kappa shape index (κ1) is 14.9. The lowest BCUT2D eigenvalue weighted by molar-refractivity contribution is 0.0320. The molecule has 0 aromatic carbocycles. The number of hydrogen-bond donors (Lipinski definition) is 0. The largest absolute Gasteiger partial charge is 0.476 e.